The summed E-state index contributed by atoms with van der Waals surface area (Å²) in [6.07, 6.45) is 0. The lowest BCUT2D eigenvalue weighted by molar-refractivity contribution is 0.0526. The number of methoxy groups -OCH3 is 2. The van der Waals surface area contributed by atoms with Gasteiger partial charge in [-0.1, -0.05) is 24.3 Å². The van der Waals surface area contributed by atoms with Crippen LogP contribution in [0.1, 0.15) is 38.0 Å². The number of rotatable bonds is 8. The van der Waals surface area contributed by atoms with Crippen LogP contribution in [0.3, 0.4) is 0 Å². The molecule has 3 aromatic carbocycles. The second-order valence-electron chi connectivity index (χ2n) is 8.59. The van der Waals surface area contributed by atoms with Crippen molar-refractivity contribution < 1.29 is 28.6 Å². The van der Waals surface area contributed by atoms with Crippen LogP contribution in [0.2, 0.25) is 0 Å². The molecule has 0 unspecified atom stereocenters. The Morgan fingerprint density at radius 3 is 2.08 bits per heavy atom. The summed E-state index contributed by atoms with van der Waals surface area (Å²) in [7, 11) is 2.96. The molecule has 9 nitrogen and oxygen atoms in total. The fourth-order valence-electron chi connectivity index (χ4n) is 4.43. The van der Waals surface area contributed by atoms with Crippen LogP contribution in [0.15, 0.2) is 66.7 Å². The van der Waals surface area contributed by atoms with Crippen LogP contribution >= 0.6 is 0 Å². The van der Waals surface area contributed by atoms with Crippen LogP contribution < -0.4 is 19.7 Å². The van der Waals surface area contributed by atoms with Crippen molar-refractivity contribution in [2.45, 2.75) is 6.92 Å². The van der Waals surface area contributed by atoms with Gasteiger partial charge in [-0.3, -0.25) is 9.59 Å². The molecular weight excluding hydrogens is 486 g/mol. The third kappa shape index (κ3) is 5.72. The zero-order valence-electron chi connectivity index (χ0n) is 21.7. The van der Waals surface area contributed by atoms with E-state index in [4.69, 9.17) is 14.2 Å². The van der Waals surface area contributed by atoms with Crippen molar-refractivity contribution in [2.75, 3.05) is 57.2 Å². The van der Waals surface area contributed by atoms with E-state index in [1.807, 2.05) is 35.2 Å². The molecule has 9 heteroatoms. The predicted molar refractivity (Wildman–Crippen MR) is 144 cm³/mol. The number of hydrogen-bond donors (Lipinski definition) is 1. The SMILES string of the molecule is CCOC(=O)c1ccc(N2CCN(C(=O)c3ccccc3)CC2)c(NC(=O)c2c(OC)cccc2OC)c1. The molecule has 0 aromatic heterocycles. The standard InChI is InChI=1S/C29H31N3O6/c1-4-38-29(35)21-13-14-23(31-15-17-32(18-16-31)28(34)20-9-6-5-7-10-20)22(19-21)30-27(33)26-24(36-2)11-8-12-25(26)37-3/h5-14,19H,4,15-18H2,1-3H3,(H,30,33). The van der Waals surface area contributed by atoms with E-state index in [0.717, 1.165) is 5.69 Å². The molecule has 4 rings (SSSR count). The Labute approximate surface area is 221 Å². The van der Waals surface area contributed by atoms with Gasteiger partial charge >= 0.3 is 5.97 Å². The van der Waals surface area contributed by atoms with Gasteiger partial charge in [-0.2, -0.15) is 0 Å². The lowest BCUT2D eigenvalue weighted by Crippen LogP contribution is -2.49. The molecule has 0 radical (unpaired) electrons. The number of anilines is 2. The van der Waals surface area contributed by atoms with E-state index in [-0.39, 0.29) is 18.1 Å². The normalized spacial score (nSPS) is 13.0. The largest absolute Gasteiger partial charge is 0.496 e. The fraction of sp³-hybridized carbons (Fsp3) is 0.276. The smallest absolute Gasteiger partial charge is 0.338 e. The number of esters is 1. The average Bonchev–Trinajstić information content (AvgIpc) is 2.96. The number of carbonyl (C=O) groups excluding carboxylic acids is 3. The number of benzene rings is 3. The summed E-state index contributed by atoms with van der Waals surface area (Å²) in [6, 6.07) is 19.3. The molecule has 0 saturated carbocycles. The summed E-state index contributed by atoms with van der Waals surface area (Å²) in [5, 5.41) is 2.94. The van der Waals surface area contributed by atoms with Crippen LogP contribution in [-0.4, -0.2) is 69.7 Å². The van der Waals surface area contributed by atoms with E-state index in [9.17, 15) is 14.4 Å². The second kappa shape index (κ2) is 12.1. The number of amides is 2. The first kappa shape index (κ1) is 26.5. The second-order valence-corrected chi connectivity index (χ2v) is 8.59. The van der Waals surface area contributed by atoms with Gasteiger partial charge in [-0.15, -0.1) is 0 Å². The summed E-state index contributed by atoms with van der Waals surface area (Å²) in [4.78, 5) is 42.7. The highest BCUT2D eigenvalue weighted by Crippen LogP contribution is 2.33. The molecule has 1 saturated heterocycles. The number of nitrogens with one attached hydrogen (secondary N) is 1. The molecule has 1 fully saturated rings. The van der Waals surface area contributed by atoms with Gasteiger partial charge in [0.15, 0.2) is 0 Å². The van der Waals surface area contributed by atoms with Gasteiger partial charge in [-0.25, -0.2) is 4.79 Å². The Morgan fingerprint density at radius 2 is 1.47 bits per heavy atom. The number of ether oxygens (including phenoxy) is 3. The van der Waals surface area contributed by atoms with Crippen molar-refractivity contribution in [1.29, 1.82) is 0 Å². The van der Waals surface area contributed by atoms with E-state index < -0.39 is 11.9 Å². The molecule has 0 aliphatic carbocycles. The van der Waals surface area contributed by atoms with E-state index >= 15 is 0 Å². The molecule has 1 heterocycles. The Hall–Kier alpha value is -4.53. The van der Waals surface area contributed by atoms with Gasteiger partial charge in [0, 0.05) is 31.7 Å². The molecular formula is C29H31N3O6. The summed E-state index contributed by atoms with van der Waals surface area (Å²) in [6.45, 7) is 4.11. The minimum atomic E-state index is -0.484. The Bertz CT molecular complexity index is 1280. The van der Waals surface area contributed by atoms with Crippen molar-refractivity contribution >= 4 is 29.2 Å². The topological polar surface area (TPSA) is 97.4 Å². The number of hydrogen-bond acceptors (Lipinski definition) is 7. The summed E-state index contributed by atoms with van der Waals surface area (Å²) in [5.74, 6) is -0.224. The maximum atomic E-state index is 13.5. The number of nitrogens with zero attached hydrogens (tertiary/aromatic N) is 2. The van der Waals surface area contributed by atoms with Crippen LogP contribution in [0, 0.1) is 0 Å². The lowest BCUT2D eigenvalue weighted by atomic mass is 10.1. The fourth-order valence-corrected chi connectivity index (χ4v) is 4.43. The minimum absolute atomic E-state index is 0.0142. The molecule has 0 bridgehead atoms. The predicted octanol–water partition coefficient (Wildman–Crippen LogP) is 4.10. The molecule has 3 aromatic rings. The highest BCUT2D eigenvalue weighted by molar-refractivity contribution is 6.10. The van der Waals surface area contributed by atoms with E-state index in [1.165, 1.54) is 14.2 Å². The number of piperazine rings is 1. The minimum Gasteiger partial charge on any atom is -0.496 e. The maximum Gasteiger partial charge on any atom is 0.338 e. The van der Waals surface area contributed by atoms with Crippen LogP contribution in [-0.2, 0) is 4.74 Å². The number of carbonyl (C=O) groups is 3. The molecule has 0 atom stereocenters. The van der Waals surface area contributed by atoms with Crippen LogP contribution in [0.4, 0.5) is 11.4 Å². The van der Waals surface area contributed by atoms with Gasteiger partial charge in [0.05, 0.1) is 37.8 Å². The zero-order chi connectivity index (χ0) is 27.1. The van der Waals surface area contributed by atoms with Crippen molar-refractivity contribution in [2.24, 2.45) is 0 Å². The third-order valence-electron chi connectivity index (χ3n) is 6.34. The van der Waals surface area contributed by atoms with E-state index in [0.29, 0.717) is 54.5 Å². The molecule has 198 valence electrons. The van der Waals surface area contributed by atoms with Gasteiger partial charge in [-0.05, 0) is 49.4 Å². The van der Waals surface area contributed by atoms with Gasteiger partial charge < -0.3 is 29.3 Å². The zero-order valence-corrected chi connectivity index (χ0v) is 21.7. The molecule has 1 N–H and O–H groups in total. The Balaban J connectivity index is 1.60. The monoisotopic (exact) mass is 517 g/mol. The third-order valence-corrected chi connectivity index (χ3v) is 6.34. The molecule has 0 spiro atoms. The molecule has 38 heavy (non-hydrogen) atoms. The maximum absolute atomic E-state index is 13.5. The van der Waals surface area contributed by atoms with Crippen molar-refractivity contribution in [3.63, 3.8) is 0 Å². The summed E-state index contributed by atoms with van der Waals surface area (Å²) < 4.78 is 16.0. The van der Waals surface area contributed by atoms with Crippen molar-refractivity contribution in [1.82, 2.24) is 4.90 Å². The highest BCUT2D eigenvalue weighted by atomic mass is 16.5. The lowest BCUT2D eigenvalue weighted by Gasteiger charge is -2.37. The van der Waals surface area contributed by atoms with E-state index in [1.54, 1.807) is 43.3 Å². The summed E-state index contributed by atoms with van der Waals surface area (Å²) >= 11 is 0. The van der Waals surface area contributed by atoms with Crippen molar-refractivity contribution in [3.8, 4) is 11.5 Å². The summed E-state index contributed by atoms with van der Waals surface area (Å²) in [5.41, 5.74) is 2.38. The van der Waals surface area contributed by atoms with Gasteiger partial charge in [0.25, 0.3) is 11.8 Å². The first-order valence-corrected chi connectivity index (χ1v) is 12.4. The van der Waals surface area contributed by atoms with Gasteiger partial charge in [0.2, 0.25) is 0 Å². The Kier molecular flexibility index (Phi) is 8.47. The quantitative estimate of drug-likeness (QED) is 0.450. The highest BCUT2D eigenvalue weighted by Gasteiger charge is 2.26. The molecule has 2 amide bonds. The first-order chi connectivity index (χ1) is 18.5. The average molecular weight is 518 g/mol. The molecule has 1 aliphatic rings. The van der Waals surface area contributed by atoms with E-state index in [2.05, 4.69) is 10.2 Å². The first-order valence-electron chi connectivity index (χ1n) is 12.4. The van der Waals surface area contributed by atoms with Crippen LogP contribution in [0.25, 0.3) is 0 Å². The Morgan fingerprint density at radius 1 is 0.816 bits per heavy atom. The van der Waals surface area contributed by atoms with Crippen molar-refractivity contribution in [3.05, 3.63) is 83.4 Å². The van der Waals surface area contributed by atoms with Crippen LogP contribution in [0.5, 0.6) is 11.5 Å². The van der Waals surface area contributed by atoms with Gasteiger partial charge in [0.1, 0.15) is 17.1 Å². The molecule has 1 aliphatic heterocycles.